The Kier molecular flexibility index (Phi) is 3.85. The summed E-state index contributed by atoms with van der Waals surface area (Å²) in [5, 5.41) is 28.1. The van der Waals surface area contributed by atoms with E-state index >= 15 is 0 Å². The third-order valence-corrected chi connectivity index (χ3v) is 4.13. The SMILES string of the molecule is CC1Cc2nnc(-c3cccc(C(F)(F)F)c3)cc2C(O)C1O. The van der Waals surface area contributed by atoms with Crippen molar-refractivity contribution in [2.75, 3.05) is 0 Å². The monoisotopic (exact) mass is 324 g/mol. The molecule has 0 radical (unpaired) electrons. The highest BCUT2D eigenvalue weighted by molar-refractivity contribution is 5.61. The fourth-order valence-corrected chi connectivity index (χ4v) is 2.76. The van der Waals surface area contributed by atoms with E-state index in [1.54, 1.807) is 6.92 Å². The van der Waals surface area contributed by atoms with Crippen molar-refractivity contribution in [2.24, 2.45) is 5.92 Å². The number of halogens is 3. The molecule has 1 aromatic carbocycles. The zero-order chi connectivity index (χ0) is 16.8. The molecule has 7 heteroatoms. The number of hydrogen-bond donors (Lipinski definition) is 2. The molecule has 0 amide bonds. The van der Waals surface area contributed by atoms with E-state index in [0.717, 1.165) is 12.1 Å². The third kappa shape index (κ3) is 2.94. The van der Waals surface area contributed by atoms with E-state index in [0.29, 0.717) is 17.7 Å². The number of benzene rings is 1. The lowest BCUT2D eigenvalue weighted by Crippen LogP contribution is -2.33. The smallest absolute Gasteiger partial charge is 0.390 e. The third-order valence-electron chi connectivity index (χ3n) is 4.13. The number of aliphatic hydroxyl groups is 2. The van der Waals surface area contributed by atoms with Crippen molar-refractivity contribution in [1.29, 1.82) is 0 Å². The molecule has 1 aliphatic rings. The van der Waals surface area contributed by atoms with E-state index in [1.165, 1.54) is 18.2 Å². The average molecular weight is 324 g/mol. The maximum atomic E-state index is 12.8. The van der Waals surface area contributed by atoms with Crippen LogP contribution in [0.25, 0.3) is 11.3 Å². The van der Waals surface area contributed by atoms with Crippen LogP contribution in [-0.4, -0.2) is 26.5 Å². The van der Waals surface area contributed by atoms with Crippen molar-refractivity contribution < 1.29 is 23.4 Å². The maximum Gasteiger partial charge on any atom is 0.416 e. The lowest BCUT2D eigenvalue weighted by molar-refractivity contribution is -0.137. The first-order valence-electron chi connectivity index (χ1n) is 7.17. The Morgan fingerprint density at radius 1 is 1.13 bits per heavy atom. The normalized spacial score (nSPS) is 24.3. The van der Waals surface area contributed by atoms with Gasteiger partial charge in [-0.1, -0.05) is 19.1 Å². The highest BCUT2D eigenvalue weighted by Crippen LogP contribution is 2.35. The molecular weight excluding hydrogens is 309 g/mol. The maximum absolute atomic E-state index is 12.8. The lowest BCUT2D eigenvalue weighted by atomic mass is 9.83. The fourth-order valence-electron chi connectivity index (χ4n) is 2.76. The molecule has 122 valence electrons. The van der Waals surface area contributed by atoms with E-state index in [9.17, 15) is 23.4 Å². The van der Waals surface area contributed by atoms with Gasteiger partial charge in [-0.3, -0.25) is 0 Å². The average Bonchev–Trinajstić information content (AvgIpc) is 2.52. The van der Waals surface area contributed by atoms with E-state index in [-0.39, 0.29) is 17.2 Å². The summed E-state index contributed by atoms with van der Waals surface area (Å²) < 4.78 is 38.4. The predicted octanol–water partition coefficient (Wildman–Crippen LogP) is 2.75. The van der Waals surface area contributed by atoms with Crippen LogP contribution >= 0.6 is 0 Å². The predicted molar refractivity (Wildman–Crippen MR) is 76.3 cm³/mol. The van der Waals surface area contributed by atoms with E-state index in [1.807, 2.05) is 0 Å². The molecule has 0 bridgehead atoms. The van der Waals surface area contributed by atoms with E-state index in [4.69, 9.17) is 0 Å². The fraction of sp³-hybridized carbons (Fsp3) is 0.375. The summed E-state index contributed by atoms with van der Waals surface area (Å²) in [5.41, 5.74) is 0.693. The van der Waals surface area contributed by atoms with Gasteiger partial charge >= 0.3 is 6.18 Å². The first-order valence-corrected chi connectivity index (χ1v) is 7.17. The van der Waals surface area contributed by atoms with E-state index in [2.05, 4.69) is 10.2 Å². The van der Waals surface area contributed by atoms with Crippen LogP contribution in [0.5, 0.6) is 0 Å². The summed E-state index contributed by atoms with van der Waals surface area (Å²) in [6.07, 6.45) is -6.03. The highest BCUT2D eigenvalue weighted by atomic mass is 19.4. The molecule has 0 aliphatic heterocycles. The topological polar surface area (TPSA) is 66.2 Å². The number of alkyl halides is 3. The number of hydrogen-bond acceptors (Lipinski definition) is 4. The standard InChI is InChI=1S/C16H15F3N2O2/c1-8-5-13-11(15(23)14(8)22)7-12(20-21-13)9-3-2-4-10(6-9)16(17,18)19/h2-4,6-8,14-15,22-23H,5H2,1H3. The molecule has 0 fully saturated rings. The second-order valence-corrected chi connectivity index (χ2v) is 5.83. The summed E-state index contributed by atoms with van der Waals surface area (Å²) in [4.78, 5) is 0. The van der Waals surface area contributed by atoms with Crippen LogP contribution in [0.3, 0.4) is 0 Å². The Balaban J connectivity index is 2.03. The molecule has 3 unspecified atom stereocenters. The largest absolute Gasteiger partial charge is 0.416 e. The minimum absolute atomic E-state index is 0.161. The molecule has 0 saturated carbocycles. The van der Waals surface area contributed by atoms with Crippen LogP contribution < -0.4 is 0 Å². The minimum atomic E-state index is -4.44. The van der Waals surface area contributed by atoms with Crippen LogP contribution in [0.15, 0.2) is 30.3 Å². The Morgan fingerprint density at radius 2 is 1.87 bits per heavy atom. The van der Waals surface area contributed by atoms with Crippen LogP contribution in [0.2, 0.25) is 0 Å². The molecule has 3 rings (SSSR count). The van der Waals surface area contributed by atoms with Gasteiger partial charge < -0.3 is 10.2 Å². The second-order valence-electron chi connectivity index (χ2n) is 5.83. The second kappa shape index (κ2) is 5.58. The van der Waals surface area contributed by atoms with Gasteiger partial charge in [0.2, 0.25) is 0 Å². The van der Waals surface area contributed by atoms with Crippen LogP contribution in [0, 0.1) is 5.92 Å². The van der Waals surface area contributed by atoms with Crippen molar-refractivity contribution in [2.45, 2.75) is 31.7 Å². The van der Waals surface area contributed by atoms with Gasteiger partial charge in [0.25, 0.3) is 0 Å². The summed E-state index contributed by atoms with van der Waals surface area (Å²) >= 11 is 0. The van der Waals surface area contributed by atoms with Gasteiger partial charge in [-0.2, -0.15) is 23.4 Å². The van der Waals surface area contributed by atoms with Gasteiger partial charge in [0.1, 0.15) is 6.10 Å². The molecule has 1 heterocycles. The van der Waals surface area contributed by atoms with Crippen molar-refractivity contribution in [3.63, 3.8) is 0 Å². The summed E-state index contributed by atoms with van der Waals surface area (Å²) in [5.74, 6) is -0.161. The molecule has 0 spiro atoms. The molecule has 2 aromatic rings. The van der Waals surface area contributed by atoms with Crippen LogP contribution in [0.4, 0.5) is 13.2 Å². The molecule has 23 heavy (non-hydrogen) atoms. The Bertz CT molecular complexity index is 734. The van der Waals surface area contributed by atoms with Gasteiger partial charge in [0.15, 0.2) is 0 Å². The van der Waals surface area contributed by atoms with Crippen molar-refractivity contribution in [1.82, 2.24) is 10.2 Å². The van der Waals surface area contributed by atoms with Gasteiger partial charge in [0.05, 0.1) is 23.1 Å². The number of rotatable bonds is 1. The van der Waals surface area contributed by atoms with Gasteiger partial charge in [-0.05, 0) is 30.5 Å². The number of fused-ring (bicyclic) bond motifs is 1. The quantitative estimate of drug-likeness (QED) is 0.846. The molecule has 2 N–H and O–H groups in total. The van der Waals surface area contributed by atoms with Crippen LogP contribution in [-0.2, 0) is 12.6 Å². The molecular formula is C16H15F3N2O2. The van der Waals surface area contributed by atoms with Gasteiger partial charge in [-0.25, -0.2) is 0 Å². The zero-order valence-corrected chi connectivity index (χ0v) is 12.2. The number of aromatic nitrogens is 2. The first kappa shape index (κ1) is 15.9. The summed E-state index contributed by atoms with van der Waals surface area (Å²) in [6, 6.07) is 6.27. The Labute approximate surface area is 130 Å². The Morgan fingerprint density at radius 3 is 2.57 bits per heavy atom. The molecule has 0 saturated heterocycles. The summed E-state index contributed by atoms with van der Waals surface area (Å²) in [7, 11) is 0. The number of nitrogens with zero attached hydrogens (tertiary/aromatic N) is 2. The van der Waals surface area contributed by atoms with Gasteiger partial charge in [0, 0.05) is 11.1 Å². The minimum Gasteiger partial charge on any atom is -0.390 e. The molecule has 4 nitrogen and oxygen atoms in total. The molecule has 1 aliphatic carbocycles. The van der Waals surface area contributed by atoms with Crippen molar-refractivity contribution in [3.8, 4) is 11.3 Å². The van der Waals surface area contributed by atoms with Crippen molar-refractivity contribution in [3.05, 3.63) is 47.2 Å². The highest BCUT2D eigenvalue weighted by Gasteiger charge is 2.34. The van der Waals surface area contributed by atoms with Crippen LogP contribution in [0.1, 0.15) is 29.8 Å². The van der Waals surface area contributed by atoms with Gasteiger partial charge in [-0.15, -0.1) is 0 Å². The lowest BCUT2D eigenvalue weighted by Gasteiger charge is -2.30. The van der Waals surface area contributed by atoms with E-state index < -0.39 is 23.9 Å². The van der Waals surface area contributed by atoms with Crippen molar-refractivity contribution >= 4 is 0 Å². The summed E-state index contributed by atoms with van der Waals surface area (Å²) in [6.45, 7) is 1.79. The Hall–Kier alpha value is -1.99. The number of aliphatic hydroxyl groups excluding tert-OH is 2. The zero-order valence-electron chi connectivity index (χ0n) is 12.2. The molecule has 1 aromatic heterocycles. The molecule has 3 atom stereocenters. The first-order chi connectivity index (χ1) is 10.8.